The summed E-state index contributed by atoms with van der Waals surface area (Å²) in [5.74, 6) is -0.0171. The van der Waals surface area contributed by atoms with Crippen LogP contribution in [0.2, 0.25) is 0 Å². The quantitative estimate of drug-likeness (QED) is 0.692. The van der Waals surface area contributed by atoms with Crippen molar-refractivity contribution in [2.45, 2.75) is 25.3 Å². The average molecular weight is 340 g/mol. The lowest BCUT2D eigenvalue weighted by atomic mass is 10.0. The molecule has 4 nitrogen and oxygen atoms in total. The van der Waals surface area contributed by atoms with Gasteiger partial charge in [0.05, 0.1) is 21.3 Å². The van der Waals surface area contributed by atoms with Crippen LogP contribution in [0.15, 0.2) is 54.6 Å². The third-order valence-electron chi connectivity index (χ3n) is 3.86. The second kappa shape index (κ2) is 8.04. The van der Waals surface area contributed by atoms with E-state index in [2.05, 4.69) is 10.3 Å². The summed E-state index contributed by atoms with van der Waals surface area (Å²) >= 11 is 1.63. The molecule has 0 saturated carbocycles. The van der Waals surface area contributed by atoms with Gasteiger partial charge in [0.25, 0.3) is 0 Å². The first-order chi connectivity index (χ1) is 11.8. The molecule has 0 saturated heterocycles. The number of amides is 1. The maximum atomic E-state index is 12.3. The predicted molar refractivity (Wildman–Crippen MR) is 97.0 cm³/mol. The molecule has 0 radical (unpaired) electrons. The van der Waals surface area contributed by atoms with Gasteiger partial charge in [-0.1, -0.05) is 42.5 Å². The van der Waals surface area contributed by atoms with Crippen LogP contribution in [0.1, 0.15) is 29.5 Å². The summed E-state index contributed by atoms with van der Waals surface area (Å²) in [7, 11) is 0. The van der Waals surface area contributed by atoms with Gasteiger partial charge in [0.1, 0.15) is 0 Å². The van der Waals surface area contributed by atoms with E-state index in [1.165, 1.54) is 0 Å². The molecule has 1 atom stereocenters. The number of carbonyl (C=O) groups excluding carboxylic acids is 1. The monoisotopic (exact) mass is 340 g/mol. The Balaban J connectivity index is 1.59. The molecule has 3 rings (SSSR count). The molecule has 0 bridgehead atoms. The normalized spacial score (nSPS) is 12.2. The van der Waals surface area contributed by atoms with Crippen LogP contribution in [-0.4, -0.2) is 22.6 Å². The molecule has 124 valence electrons. The van der Waals surface area contributed by atoms with Gasteiger partial charge < -0.3 is 10.4 Å². The van der Waals surface area contributed by atoms with Crippen LogP contribution < -0.4 is 5.32 Å². The molecule has 2 aromatic carbocycles. The Morgan fingerprint density at radius 2 is 1.88 bits per heavy atom. The number of hydrogen-bond donors (Lipinski definition) is 2. The van der Waals surface area contributed by atoms with E-state index in [1.807, 2.05) is 54.6 Å². The number of nitrogens with one attached hydrogen (secondary N) is 1. The minimum absolute atomic E-state index is 0.0171. The molecule has 0 spiro atoms. The fourth-order valence-corrected chi connectivity index (χ4v) is 3.62. The zero-order valence-corrected chi connectivity index (χ0v) is 14.1. The molecular formula is C19H20N2O2S. The molecule has 0 aliphatic heterocycles. The number of benzene rings is 2. The highest BCUT2D eigenvalue weighted by atomic mass is 32.1. The Bertz CT molecular complexity index is 768. The molecule has 0 aliphatic rings. The van der Waals surface area contributed by atoms with Crippen LogP contribution in [0, 0.1) is 0 Å². The van der Waals surface area contributed by atoms with Crippen LogP contribution in [0.3, 0.4) is 0 Å². The molecule has 1 amide bonds. The number of nitrogens with zero attached hydrogens (tertiary/aromatic N) is 1. The van der Waals surface area contributed by atoms with Crippen molar-refractivity contribution in [2.24, 2.45) is 0 Å². The van der Waals surface area contributed by atoms with Crippen LogP contribution >= 0.6 is 11.3 Å². The van der Waals surface area contributed by atoms with Crippen molar-refractivity contribution in [1.82, 2.24) is 10.3 Å². The summed E-state index contributed by atoms with van der Waals surface area (Å²) in [6.45, 7) is 0.0394. The molecule has 1 unspecified atom stereocenters. The van der Waals surface area contributed by atoms with Crippen molar-refractivity contribution < 1.29 is 9.90 Å². The maximum absolute atomic E-state index is 12.3. The largest absolute Gasteiger partial charge is 0.396 e. The molecule has 1 heterocycles. The molecule has 3 aromatic rings. The lowest BCUT2D eigenvalue weighted by Gasteiger charge is -2.18. The topological polar surface area (TPSA) is 62.2 Å². The number of aliphatic hydroxyl groups is 1. The third-order valence-corrected chi connectivity index (χ3v) is 4.96. The van der Waals surface area contributed by atoms with E-state index in [0.29, 0.717) is 19.3 Å². The van der Waals surface area contributed by atoms with Crippen LogP contribution in [0.5, 0.6) is 0 Å². The predicted octanol–water partition coefficient (Wildman–Crippen LogP) is 3.47. The molecule has 0 aliphatic carbocycles. The van der Waals surface area contributed by atoms with E-state index in [4.69, 9.17) is 0 Å². The first-order valence-corrected chi connectivity index (χ1v) is 8.87. The summed E-state index contributed by atoms with van der Waals surface area (Å²) < 4.78 is 1.15. The lowest BCUT2D eigenvalue weighted by Crippen LogP contribution is -2.29. The first-order valence-electron chi connectivity index (χ1n) is 8.06. The minimum Gasteiger partial charge on any atom is -0.396 e. The Kier molecular flexibility index (Phi) is 5.56. The smallest absolute Gasteiger partial charge is 0.220 e. The highest BCUT2D eigenvalue weighted by Gasteiger charge is 2.14. The summed E-state index contributed by atoms with van der Waals surface area (Å²) in [6.07, 6.45) is 1.54. The highest BCUT2D eigenvalue weighted by molar-refractivity contribution is 7.18. The third kappa shape index (κ3) is 4.19. The number of rotatable bonds is 7. The summed E-state index contributed by atoms with van der Waals surface area (Å²) in [5.41, 5.74) is 2.00. The van der Waals surface area contributed by atoms with Crippen LogP contribution in [-0.2, 0) is 11.2 Å². The van der Waals surface area contributed by atoms with Crippen molar-refractivity contribution in [3.05, 3.63) is 65.2 Å². The number of thiazole rings is 1. The zero-order valence-electron chi connectivity index (χ0n) is 13.3. The molecule has 24 heavy (non-hydrogen) atoms. The number of fused-ring (bicyclic) bond motifs is 1. The second-order valence-corrected chi connectivity index (χ2v) is 6.73. The van der Waals surface area contributed by atoms with Gasteiger partial charge in [-0.15, -0.1) is 11.3 Å². The lowest BCUT2D eigenvalue weighted by molar-refractivity contribution is -0.121. The van der Waals surface area contributed by atoms with Crippen molar-refractivity contribution in [3.8, 4) is 0 Å². The maximum Gasteiger partial charge on any atom is 0.220 e. The molecule has 5 heteroatoms. The van der Waals surface area contributed by atoms with Crippen LogP contribution in [0.4, 0.5) is 0 Å². The standard InChI is InChI=1S/C19H20N2O2S/c22-13-12-15(14-6-2-1-3-7-14)20-18(23)10-11-19-21-16-8-4-5-9-17(16)24-19/h1-9,15,22H,10-13H2,(H,20,23). The molecule has 0 fully saturated rings. The van der Waals surface area contributed by atoms with E-state index < -0.39 is 0 Å². The van der Waals surface area contributed by atoms with Gasteiger partial charge in [-0.05, 0) is 24.1 Å². The van der Waals surface area contributed by atoms with Crippen molar-refractivity contribution in [3.63, 3.8) is 0 Å². The number of hydrogen-bond acceptors (Lipinski definition) is 4. The van der Waals surface area contributed by atoms with Gasteiger partial charge >= 0.3 is 0 Å². The fourth-order valence-electron chi connectivity index (χ4n) is 2.65. The van der Waals surface area contributed by atoms with Crippen LogP contribution in [0.25, 0.3) is 10.2 Å². The SMILES string of the molecule is O=C(CCc1nc2ccccc2s1)NC(CCO)c1ccccc1. The van der Waals surface area contributed by atoms with E-state index in [0.717, 1.165) is 20.8 Å². The zero-order chi connectivity index (χ0) is 16.8. The second-order valence-electron chi connectivity index (χ2n) is 5.62. The first kappa shape index (κ1) is 16.6. The van der Waals surface area contributed by atoms with E-state index >= 15 is 0 Å². The van der Waals surface area contributed by atoms with Gasteiger partial charge in [0.2, 0.25) is 5.91 Å². The number of para-hydroxylation sites is 1. The number of carbonyl (C=O) groups is 1. The Labute approximate surface area is 145 Å². The minimum atomic E-state index is -0.154. The Morgan fingerprint density at radius 1 is 1.12 bits per heavy atom. The van der Waals surface area contributed by atoms with Gasteiger partial charge in [-0.2, -0.15) is 0 Å². The number of aromatic nitrogens is 1. The van der Waals surface area contributed by atoms with Gasteiger partial charge in [-0.25, -0.2) is 4.98 Å². The fraction of sp³-hybridized carbons (Fsp3) is 0.263. The molecule has 1 aromatic heterocycles. The number of aliphatic hydroxyl groups excluding tert-OH is 1. The average Bonchev–Trinajstić information content (AvgIpc) is 3.03. The van der Waals surface area contributed by atoms with Gasteiger partial charge in [-0.3, -0.25) is 4.79 Å². The van der Waals surface area contributed by atoms with E-state index in [-0.39, 0.29) is 18.6 Å². The molecule has 2 N–H and O–H groups in total. The Morgan fingerprint density at radius 3 is 2.62 bits per heavy atom. The van der Waals surface area contributed by atoms with Crippen molar-refractivity contribution >= 4 is 27.5 Å². The highest BCUT2D eigenvalue weighted by Crippen LogP contribution is 2.22. The van der Waals surface area contributed by atoms with Crippen molar-refractivity contribution in [2.75, 3.05) is 6.61 Å². The summed E-state index contributed by atoms with van der Waals surface area (Å²) in [6, 6.07) is 17.6. The van der Waals surface area contributed by atoms with Gasteiger partial charge in [0.15, 0.2) is 0 Å². The van der Waals surface area contributed by atoms with Gasteiger partial charge in [0, 0.05) is 19.4 Å². The molecular weight excluding hydrogens is 320 g/mol. The summed E-state index contributed by atoms with van der Waals surface area (Å²) in [4.78, 5) is 16.8. The number of aryl methyl sites for hydroxylation is 1. The summed E-state index contributed by atoms with van der Waals surface area (Å²) in [5, 5.41) is 13.2. The Hall–Kier alpha value is -2.24. The van der Waals surface area contributed by atoms with E-state index in [9.17, 15) is 9.90 Å². The van der Waals surface area contributed by atoms with E-state index in [1.54, 1.807) is 11.3 Å². The van der Waals surface area contributed by atoms with Crippen molar-refractivity contribution in [1.29, 1.82) is 0 Å².